The Hall–Kier alpha value is -2.18. The van der Waals surface area contributed by atoms with E-state index in [1.165, 1.54) is 0 Å². The highest BCUT2D eigenvalue weighted by Crippen LogP contribution is 2.20. The molecular weight excluding hydrogens is 322 g/mol. The first-order chi connectivity index (χ1) is 11.5. The molecule has 0 bridgehead atoms. The zero-order valence-electron chi connectivity index (χ0n) is 15.7. The fourth-order valence-corrected chi connectivity index (χ4v) is 2.41. The Labute approximate surface area is 148 Å². The summed E-state index contributed by atoms with van der Waals surface area (Å²) in [6.07, 6.45) is 1.16. The van der Waals surface area contributed by atoms with E-state index in [-0.39, 0.29) is 41.1 Å². The van der Waals surface area contributed by atoms with Crippen LogP contribution in [0.25, 0.3) is 0 Å². The van der Waals surface area contributed by atoms with Gasteiger partial charge in [0.1, 0.15) is 17.2 Å². The molecule has 1 amide bonds. The van der Waals surface area contributed by atoms with Crippen molar-refractivity contribution in [2.24, 2.45) is 11.3 Å². The van der Waals surface area contributed by atoms with Crippen LogP contribution in [0.1, 0.15) is 53.9 Å². The molecule has 0 aromatic heterocycles. The van der Waals surface area contributed by atoms with Gasteiger partial charge in [-0.25, -0.2) is 0 Å². The van der Waals surface area contributed by atoms with E-state index in [2.05, 4.69) is 16.0 Å². The predicted octanol–water partition coefficient (Wildman–Crippen LogP) is 1.62. The van der Waals surface area contributed by atoms with E-state index >= 15 is 0 Å². The summed E-state index contributed by atoms with van der Waals surface area (Å²) in [5.74, 6) is 0.228. The average Bonchev–Trinajstić information content (AvgIpc) is 2.46. The van der Waals surface area contributed by atoms with Gasteiger partial charge in [0.15, 0.2) is 0 Å². The van der Waals surface area contributed by atoms with Crippen molar-refractivity contribution >= 4 is 23.1 Å². The number of hydrogen-bond acceptors (Lipinski definition) is 6. The summed E-state index contributed by atoms with van der Waals surface area (Å²) in [4.78, 5) is 46.7. The Morgan fingerprint density at radius 2 is 1.56 bits per heavy atom. The predicted molar refractivity (Wildman–Crippen MR) is 99.6 cm³/mol. The lowest BCUT2D eigenvalue weighted by atomic mass is 9.89. The van der Waals surface area contributed by atoms with Crippen molar-refractivity contribution in [3.8, 4) is 0 Å². The number of hydrogen-bond donors (Lipinski definition) is 3. The minimum atomic E-state index is -0.610. The zero-order chi connectivity index (χ0) is 19.2. The van der Waals surface area contributed by atoms with Crippen LogP contribution in [0.15, 0.2) is 9.59 Å². The minimum absolute atomic E-state index is 0.0699. The van der Waals surface area contributed by atoms with Crippen LogP contribution in [0.5, 0.6) is 0 Å². The van der Waals surface area contributed by atoms with Crippen molar-refractivity contribution in [3.63, 3.8) is 0 Å². The molecule has 0 unspecified atom stereocenters. The van der Waals surface area contributed by atoms with Crippen LogP contribution in [-0.4, -0.2) is 24.9 Å². The highest BCUT2D eigenvalue weighted by molar-refractivity contribution is 5.80. The normalized spacial score (nSPS) is 11.6. The van der Waals surface area contributed by atoms with Gasteiger partial charge in [-0.05, 0) is 11.3 Å². The summed E-state index contributed by atoms with van der Waals surface area (Å²) in [7, 11) is 0. The zero-order valence-corrected chi connectivity index (χ0v) is 15.7. The number of nitrogens with one attached hydrogen (secondary N) is 3. The van der Waals surface area contributed by atoms with E-state index in [1.54, 1.807) is 0 Å². The highest BCUT2D eigenvalue weighted by atomic mass is 16.2. The summed E-state index contributed by atoms with van der Waals surface area (Å²) in [6.45, 7) is 10.2. The third-order valence-corrected chi connectivity index (χ3v) is 3.49. The van der Waals surface area contributed by atoms with Gasteiger partial charge in [-0.15, -0.1) is 0 Å². The molecule has 7 nitrogen and oxygen atoms in total. The van der Waals surface area contributed by atoms with Crippen molar-refractivity contribution in [1.29, 1.82) is 0 Å². The second-order valence-electron chi connectivity index (χ2n) is 7.91. The number of amides is 1. The van der Waals surface area contributed by atoms with Gasteiger partial charge in [-0.3, -0.25) is 19.2 Å². The van der Waals surface area contributed by atoms with Crippen molar-refractivity contribution < 1.29 is 9.59 Å². The van der Waals surface area contributed by atoms with Gasteiger partial charge in [0.05, 0.1) is 6.67 Å². The number of anilines is 2. The molecule has 0 aliphatic rings. The molecule has 1 aromatic carbocycles. The molecule has 0 spiro atoms. The van der Waals surface area contributed by atoms with Crippen LogP contribution in [-0.2, 0) is 9.59 Å². The maximum atomic E-state index is 11.8. The number of ketones is 1. The lowest BCUT2D eigenvalue weighted by Crippen LogP contribution is -2.40. The van der Waals surface area contributed by atoms with Gasteiger partial charge in [-0.2, -0.15) is 0 Å². The van der Waals surface area contributed by atoms with E-state index in [4.69, 9.17) is 0 Å². The molecule has 0 fully saturated rings. The third kappa shape index (κ3) is 7.07. The molecule has 0 aliphatic carbocycles. The standard InChI is InChI=1S/C18H29N3O4/c1-11(2)8-13(23)20-10-21-15-14(16(24)17(15)25)19-7-6-12(22)9-18(3,4)5/h11,19,21H,6-10H2,1-5H3,(H,20,23). The third-order valence-electron chi connectivity index (χ3n) is 3.49. The van der Waals surface area contributed by atoms with Crippen LogP contribution >= 0.6 is 0 Å². The minimum Gasteiger partial charge on any atom is -0.380 e. The Morgan fingerprint density at radius 3 is 2.08 bits per heavy atom. The number of carbonyl (C=O) groups is 2. The van der Waals surface area contributed by atoms with Crippen LogP contribution < -0.4 is 26.8 Å². The first-order valence-electron chi connectivity index (χ1n) is 8.60. The Morgan fingerprint density at radius 1 is 1.00 bits per heavy atom. The van der Waals surface area contributed by atoms with Crippen LogP contribution in [0, 0.1) is 11.3 Å². The molecule has 0 heterocycles. The molecular formula is C18H29N3O4. The van der Waals surface area contributed by atoms with Gasteiger partial charge in [0.25, 0.3) is 10.9 Å². The highest BCUT2D eigenvalue weighted by Gasteiger charge is 2.21. The maximum absolute atomic E-state index is 11.8. The Balaban J connectivity index is 2.46. The molecule has 140 valence electrons. The summed E-state index contributed by atoms with van der Waals surface area (Å²) in [5, 5.41) is 8.25. The fraction of sp³-hybridized carbons (Fsp3) is 0.667. The van der Waals surface area contributed by atoms with E-state index in [1.807, 2.05) is 34.6 Å². The molecule has 1 rings (SSSR count). The number of Topliss-reactive ketones (excluding diaryl/α,β-unsaturated/α-hetero) is 1. The van der Waals surface area contributed by atoms with Crippen LogP contribution in [0.2, 0.25) is 0 Å². The van der Waals surface area contributed by atoms with E-state index < -0.39 is 10.9 Å². The summed E-state index contributed by atoms with van der Waals surface area (Å²) in [6, 6.07) is 0. The summed E-state index contributed by atoms with van der Waals surface area (Å²) < 4.78 is 0. The van der Waals surface area contributed by atoms with Crippen molar-refractivity contribution in [2.45, 2.75) is 53.9 Å². The molecule has 7 heteroatoms. The number of rotatable bonds is 10. The van der Waals surface area contributed by atoms with Crippen molar-refractivity contribution in [2.75, 3.05) is 23.8 Å². The summed E-state index contributed by atoms with van der Waals surface area (Å²) >= 11 is 0. The topological polar surface area (TPSA) is 104 Å². The SMILES string of the molecule is CC(C)CC(=O)NCNc1c(NCCC(=O)CC(C)(C)C)c(=O)c1=O. The molecule has 0 atom stereocenters. The quantitative estimate of drug-likeness (QED) is 0.437. The van der Waals surface area contributed by atoms with Crippen molar-refractivity contribution in [3.05, 3.63) is 20.4 Å². The molecule has 3 N–H and O–H groups in total. The van der Waals surface area contributed by atoms with Crippen LogP contribution in [0.3, 0.4) is 0 Å². The van der Waals surface area contributed by atoms with E-state index in [0.29, 0.717) is 25.8 Å². The molecule has 0 aliphatic heterocycles. The maximum Gasteiger partial charge on any atom is 0.253 e. The largest absolute Gasteiger partial charge is 0.380 e. The van der Waals surface area contributed by atoms with Gasteiger partial charge in [0, 0.05) is 25.8 Å². The lowest BCUT2D eigenvalue weighted by molar-refractivity contribution is -0.122. The number of carbonyl (C=O) groups excluding carboxylic acids is 2. The molecule has 1 aromatic rings. The molecule has 25 heavy (non-hydrogen) atoms. The van der Waals surface area contributed by atoms with Gasteiger partial charge < -0.3 is 16.0 Å². The fourth-order valence-electron chi connectivity index (χ4n) is 2.41. The first-order valence-corrected chi connectivity index (χ1v) is 8.60. The smallest absolute Gasteiger partial charge is 0.253 e. The monoisotopic (exact) mass is 351 g/mol. The van der Waals surface area contributed by atoms with Gasteiger partial charge in [-0.1, -0.05) is 34.6 Å². The Kier molecular flexibility index (Phi) is 7.33. The lowest BCUT2D eigenvalue weighted by Gasteiger charge is -2.18. The summed E-state index contributed by atoms with van der Waals surface area (Å²) in [5.41, 5.74) is -0.926. The second-order valence-corrected chi connectivity index (χ2v) is 7.91. The van der Waals surface area contributed by atoms with Crippen LogP contribution in [0.4, 0.5) is 11.4 Å². The van der Waals surface area contributed by atoms with Crippen molar-refractivity contribution in [1.82, 2.24) is 5.32 Å². The van der Waals surface area contributed by atoms with Gasteiger partial charge >= 0.3 is 0 Å². The average molecular weight is 351 g/mol. The molecule has 0 radical (unpaired) electrons. The van der Waals surface area contributed by atoms with E-state index in [9.17, 15) is 19.2 Å². The van der Waals surface area contributed by atoms with Gasteiger partial charge in [0.2, 0.25) is 5.91 Å². The first kappa shape index (κ1) is 20.9. The second kappa shape index (κ2) is 8.78. The Bertz CT molecular complexity index is 679. The molecule has 0 saturated carbocycles. The van der Waals surface area contributed by atoms with E-state index in [0.717, 1.165) is 0 Å². The molecule has 0 saturated heterocycles.